The van der Waals surface area contributed by atoms with Crippen LogP contribution in [0.3, 0.4) is 0 Å². The second-order valence-electron chi connectivity index (χ2n) is 2.09. The minimum Gasteiger partial charge on any atom is -0.464 e. The second-order valence-corrected chi connectivity index (χ2v) is 2.09. The van der Waals surface area contributed by atoms with Gasteiger partial charge in [-0.25, -0.2) is 0 Å². The number of rotatable bonds is 2. The lowest BCUT2D eigenvalue weighted by atomic mass is 10.6. The Morgan fingerprint density at radius 2 is 2.67 bits per heavy atom. The molecule has 4 nitrogen and oxygen atoms in total. The van der Waals surface area contributed by atoms with Gasteiger partial charge in [-0.3, -0.25) is 4.79 Å². The second kappa shape index (κ2) is 3.58. The van der Waals surface area contributed by atoms with Crippen molar-refractivity contribution >= 4 is 5.91 Å². The maximum atomic E-state index is 10.9. The van der Waals surface area contributed by atoms with Gasteiger partial charge in [-0.15, -0.1) is 6.42 Å². The highest BCUT2D eigenvalue weighted by Gasteiger charge is 2.05. The molecule has 0 amide bonds. The first kappa shape index (κ1) is 8.34. The van der Waals surface area contributed by atoms with Crippen LogP contribution in [0.2, 0.25) is 0 Å². The zero-order valence-electron chi connectivity index (χ0n) is 6.65. The largest absolute Gasteiger partial charge is 0.464 e. The third kappa shape index (κ3) is 1.64. The van der Waals surface area contributed by atoms with Crippen molar-refractivity contribution in [2.45, 2.75) is 6.92 Å². The summed E-state index contributed by atoms with van der Waals surface area (Å²) in [7, 11) is 0. The van der Waals surface area contributed by atoms with E-state index in [1.165, 1.54) is 13.1 Å². The standard InChI is InChI=1S/C8H8N2O2/c1-3-6-12-8-4-5-9-10(8)7(2)11/h1,4-5H,6H2,2H3. The Morgan fingerprint density at radius 1 is 1.92 bits per heavy atom. The monoisotopic (exact) mass is 164 g/mol. The van der Waals surface area contributed by atoms with Crippen LogP contribution in [0.1, 0.15) is 11.7 Å². The Labute approximate surface area is 70.1 Å². The minimum absolute atomic E-state index is 0.138. The summed E-state index contributed by atoms with van der Waals surface area (Å²) in [5, 5.41) is 3.74. The van der Waals surface area contributed by atoms with Gasteiger partial charge in [-0.2, -0.15) is 9.78 Å². The van der Waals surface area contributed by atoms with Gasteiger partial charge in [0.05, 0.1) is 6.20 Å². The van der Waals surface area contributed by atoms with Crippen molar-refractivity contribution in [3.63, 3.8) is 0 Å². The predicted octanol–water partition coefficient (Wildman–Crippen LogP) is 0.555. The van der Waals surface area contributed by atoms with Crippen LogP contribution in [-0.2, 0) is 0 Å². The van der Waals surface area contributed by atoms with Crippen molar-refractivity contribution in [1.29, 1.82) is 0 Å². The van der Waals surface area contributed by atoms with Gasteiger partial charge in [0.2, 0.25) is 11.8 Å². The Hall–Kier alpha value is -1.76. The molecule has 0 aliphatic heterocycles. The van der Waals surface area contributed by atoms with E-state index in [0.29, 0.717) is 5.88 Å². The molecule has 0 aromatic carbocycles. The average molecular weight is 164 g/mol. The molecule has 0 aliphatic carbocycles. The number of carbonyl (C=O) groups excluding carboxylic acids is 1. The van der Waals surface area contributed by atoms with Crippen LogP contribution in [0.4, 0.5) is 0 Å². The van der Waals surface area contributed by atoms with Crippen LogP contribution in [-0.4, -0.2) is 22.3 Å². The molecule has 0 bridgehead atoms. The Kier molecular flexibility index (Phi) is 2.49. The number of ether oxygens (including phenoxy) is 1. The Bertz CT molecular complexity index is 322. The summed E-state index contributed by atoms with van der Waals surface area (Å²) in [4.78, 5) is 10.9. The van der Waals surface area contributed by atoms with Crippen molar-refractivity contribution in [3.8, 4) is 18.2 Å². The first-order chi connectivity index (χ1) is 5.75. The molecule has 4 heteroatoms. The number of nitrogens with zero attached hydrogens (tertiary/aromatic N) is 2. The number of hydrogen-bond donors (Lipinski definition) is 0. The van der Waals surface area contributed by atoms with E-state index in [0.717, 1.165) is 4.68 Å². The average Bonchev–Trinajstić information content (AvgIpc) is 2.48. The molecule has 1 rings (SSSR count). The Morgan fingerprint density at radius 3 is 3.25 bits per heavy atom. The molecule has 0 saturated carbocycles. The molecule has 0 unspecified atom stereocenters. The lowest BCUT2D eigenvalue weighted by molar-refractivity contribution is 0.0908. The normalized spacial score (nSPS) is 9.00. The van der Waals surface area contributed by atoms with Crippen molar-refractivity contribution in [2.75, 3.05) is 6.61 Å². The number of terminal acetylenes is 1. The van der Waals surface area contributed by atoms with Crippen LogP contribution in [0.15, 0.2) is 12.3 Å². The molecule has 0 atom stereocenters. The fourth-order valence-electron chi connectivity index (χ4n) is 0.753. The lowest BCUT2D eigenvalue weighted by Gasteiger charge is -2.01. The third-order valence-electron chi connectivity index (χ3n) is 1.21. The first-order valence-electron chi connectivity index (χ1n) is 3.37. The summed E-state index contributed by atoms with van der Waals surface area (Å²) in [5.74, 6) is 2.47. The van der Waals surface area contributed by atoms with Crippen LogP contribution in [0, 0.1) is 12.3 Å². The topological polar surface area (TPSA) is 44.1 Å². The maximum absolute atomic E-state index is 10.9. The van der Waals surface area contributed by atoms with E-state index in [9.17, 15) is 4.79 Å². The van der Waals surface area contributed by atoms with Gasteiger partial charge in [0.1, 0.15) is 0 Å². The van der Waals surface area contributed by atoms with E-state index < -0.39 is 0 Å². The molecule has 1 aromatic rings. The molecule has 1 heterocycles. The van der Waals surface area contributed by atoms with Crippen LogP contribution >= 0.6 is 0 Å². The summed E-state index contributed by atoms with van der Waals surface area (Å²) < 4.78 is 6.18. The zero-order chi connectivity index (χ0) is 8.97. The molecule has 0 saturated heterocycles. The third-order valence-corrected chi connectivity index (χ3v) is 1.21. The summed E-state index contributed by atoms with van der Waals surface area (Å²) in [5.41, 5.74) is 0. The van der Waals surface area contributed by atoms with Gasteiger partial charge >= 0.3 is 0 Å². The lowest BCUT2D eigenvalue weighted by Crippen LogP contribution is -2.10. The highest BCUT2D eigenvalue weighted by atomic mass is 16.5. The van der Waals surface area contributed by atoms with Crippen LogP contribution in [0.25, 0.3) is 0 Å². The number of aromatic nitrogens is 2. The molecule has 0 fully saturated rings. The van der Waals surface area contributed by atoms with Crippen LogP contribution in [0.5, 0.6) is 5.88 Å². The Balaban J connectivity index is 2.79. The van der Waals surface area contributed by atoms with Gasteiger partial charge in [0, 0.05) is 13.0 Å². The molecule has 0 N–H and O–H groups in total. The summed E-state index contributed by atoms with van der Waals surface area (Å²) in [6, 6.07) is 1.58. The van der Waals surface area contributed by atoms with Crippen molar-refractivity contribution in [1.82, 2.24) is 9.78 Å². The molecule has 0 spiro atoms. The summed E-state index contributed by atoms with van der Waals surface area (Å²) in [6.07, 6.45) is 6.46. The van der Waals surface area contributed by atoms with Gasteiger partial charge in [-0.1, -0.05) is 5.92 Å². The number of hydrogen-bond acceptors (Lipinski definition) is 3. The maximum Gasteiger partial charge on any atom is 0.246 e. The van der Waals surface area contributed by atoms with E-state index in [-0.39, 0.29) is 12.5 Å². The smallest absolute Gasteiger partial charge is 0.246 e. The molecule has 62 valence electrons. The molecule has 12 heavy (non-hydrogen) atoms. The fraction of sp³-hybridized carbons (Fsp3) is 0.250. The molecular formula is C8H8N2O2. The van der Waals surface area contributed by atoms with E-state index in [1.807, 2.05) is 0 Å². The molecular weight excluding hydrogens is 156 g/mol. The highest BCUT2D eigenvalue weighted by Crippen LogP contribution is 2.07. The first-order valence-corrected chi connectivity index (χ1v) is 3.37. The van der Waals surface area contributed by atoms with E-state index >= 15 is 0 Å². The fourth-order valence-corrected chi connectivity index (χ4v) is 0.753. The van der Waals surface area contributed by atoms with E-state index in [1.54, 1.807) is 6.07 Å². The summed E-state index contributed by atoms with van der Waals surface area (Å²) in [6.45, 7) is 1.54. The highest BCUT2D eigenvalue weighted by molar-refractivity contribution is 5.76. The van der Waals surface area contributed by atoms with E-state index in [2.05, 4.69) is 11.0 Å². The van der Waals surface area contributed by atoms with Gasteiger partial charge in [0.25, 0.3) is 0 Å². The minimum atomic E-state index is -0.202. The van der Waals surface area contributed by atoms with Crippen LogP contribution < -0.4 is 4.74 Å². The molecule has 0 radical (unpaired) electrons. The predicted molar refractivity (Wildman–Crippen MR) is 42.9 cm³/mol. The molecule has 1 aromatic heterocycles. The SMILES string of the molecule is C#CCOc1ccnn1C(C)=O. The zero-order valence-corrected chi connectivity index (χ0v) is 6.65. The van der Waals surface area contributed by atoms with Crippen molar-refractivity contribution < 1.29 is 9.53 Å². The van der Waals surface area contributed by atoms with Crippen molar-refractivity contribution in [3.05, 3.63) is 12.3 Å². The van der Waals surface area contributed by atoms with Gasteiger partial charge in [0.15, 0.2) is 6.61 Å². The van der Waals surface area contributed by atoms with Crippen molar-refractivity contribution in [2.24, 2.45) is 0 Å². The van der Waals surface area contributed by atoms with Gasteiger partial charge < -0.3 is 4.74 Å². The summed E-state index contributed by atoms with van der Waals surface area (Å²) >= 11 is 0. The number of carbonyl (C=O) groups is 1. The van der Waals surface area contributed by atoms with E-state index in [4.69, 9.17) is 11.2 Å². The molecule has 0 aliphatic rings. The van der Waals surface area contributed by atoms with Gasteiger partial charge in [-0.05, 0) is 0 Å². The quantitative estimate of drug-likeness (QED) is 0.600.